The predicted molar refractivity (Wildman–Crippen MR) is 40.7 cm³/mol. The number of hydrogen-bond acceptors (Lipinski definition) is 2. The fraction of sp³-hybridized carbons (Fsp3) is 0.625. The van der Waals surface area contributed by atoms with Gasteiger partial charge in [-0.15, -0.1) is 0 Å². The van der Waals surface area contributed by atoms with Crippen molar-refractivity contribution in [2.24, 2.45) is 0 Å². The predicted octanol–water partition coefficient (Wildman–Crippen LogP) is 1.91. The van der Waals surface area contributed by atoms with Crippen molar-refractivity contribution in [1.82, 2.24) is 0 Å². The lowest BCUT2D eigenvalue weighted by Crippen LogP contribution is -1.97. The van der Waals surface area contributed by atoms with Crippen LogP contribution in [0.3, 0.4) is 0 Å². The summed E-state index contributed by atoms with van der Waals surface area (Å²) < 4.78 is 4.62. The third kappa shape index (κ3) is 2.21. The summed E-state index contributed by atoms with van der Waals surface area (Å²) in [6.45, 7) is 6.42. The minimum absolute atomic E-state index is 0.146. The Balaban J connectivity index is 0.000000371. The van der Waals surface area contributed by atoms with E-state index in [0.717, 1.165) is 12.0 Å². The zero-order chi connectivity index (χ0) is 7.98. The molecule has 0 radical (unpaired) electrons. The molecule has 1 rings (SSSR count). The third-order valence-electron chi connectivity index (χ3n) is 1.19. The van der Waals surface area contributed by atoms with Crippen molar-refractivity contribution in [1.29, 1.82) is 0 Å². The quantitative estimate of drug-likeness (QED) is 0.523. The van der Waals surface area contributed by atoms with Gasteiger partial charge in [-0.2, -0.15) is 0 Å². The van der Waals surface area contributed by atoms with Gasteiger partial charge in [0.05, 0.1) is 0 Å². The highest BCUT2D eigenvalue weighted by Gasteiger charge is 2.12. The first-order chi connectivity index (χ1) is 4.84. The van der Waals surface area contributed by atoms with Crippen LogP contribution < -0.4 is 0 Å². The first kappa shape index (κ1) is 9.21. The lowest BCUT2D eigenvalue weighted by atomic mass is 10.2. The number of ether oxygens (including phenoxy) is 1. The molecule has 0 unspecified atom stereocenters. The Morgan fingerprint density at radius 2 is 2.20 bits per heavy atom. The number of carbonyl (C=O) groups is 1. The van der Waals surface area contributed by atoms with E-state index in [1.54, 1.807) is 0 Å². The number of cyclic esters (lactones) is 1. The van der Waals surface area contributed by atoms with E-state index in [-0.39, 0.29) is 5.97 Å². The molecule has 0 bridgehead atoms. The molecule has 0 atom stereocenters. The monoisotopic (exact) mass is 142 g/mol. The summed E-state index contributed by atoms with van der Waals surface area (Å²) in [5, 5.41) is 0. The van der Waals surface area contributed by atoms with Crippen LogP contribution in [0.1, 0.15) is 27.2 Å². The van der Waals surface area contributed by atoms with Gasteiger partial charge in [0.15, 0.2) is 0 Å². The highest BCUT2D eigenvalue weighted by Crippen LogP contribution is 2.08. The molecule has 0 saturated carbocycles. The van der Waals surface area contributed by atoms with Gasteiger partial charge in [-0.3, -0.25) is 0 Å². The van der Waals surface area contributed by atoms with E-state index in [4.69, 9.17) is 0 Å². The first-order valence-electron chi connectivity index (χ1n) is 3.70. The summed E-state index contributed by atoms with van der Waals surface area (Å²) in [5.74, 6) is -0.146. The van der Waals surface area contributed by atoms with Crippen LogP contribution in [0.15, 0.2) is 11.6 Å². The number of hydrogen-bond donors (Lipinski definition) is 0. The molecule has 0 aromatic rings. The Morgan fingerprint density at radius 3 is 2.40 bits per heavy atom. The highest BCUT2D eigenvalue weighted by molar-refractivity contribution is 5.90. The smallest absolute Gasteiger partial charge is 0.334 e. The van der Waals surface area contributed by atoms with Gasteiger partial charge in [-0.25, -0.2) is 4.79 Å². The number of carbonyl (C=O) groups excluding carboxylic acids is 1. The van der Waals surface area contributed by atoms with Crippen LogP contribution in [0.2, 0.25) is 0 Å². The van der Waals surface area contributed by atoms with Crippen molar-refractivity contribution in [2.45, 2.75) is 27.2 Å². The van der Waals surface area contributed by atoms with Gasteiger partial charge in [0, 0.05) is 5.57 Å². The molecule has 0 spiro atoms. The second-order valence-corrected chi connectivity index (χ2v) is 1.68. The van der Waals surface area contributed by atoms with E-state index in [0.29, 0.717) is 6.61 Å². The SMILES string of the molecule is CC.CCC1=CCOC1=O. The van der Waals surface area contributed by atoms with Crippen LogP contribution in [-0.2, 0) is 9.53 Å². The summed E-state index contributed by atoms with van der Waals surface area (Å²) in [6.07, 6.45) is 2.61. The Hall–Kier alpha value is -0.790. The zero-order valence-corrected chi connectivity index (χ0v) is 6.81. The molecule has 0 amide bonds. The maximum Gasteiger partial charge on any atom is 0.334 e. The van der Waals surface area contributed by atoms with Gasteiger partial charge < -0.3 is 4.74 Å². The fourth-order valence-electron chi connectivity index (χ4n) is 0.683. The maximum absolute atomic E-state index is 10.5. The second-order valence-electron chi connectivity index (χ2n) is 1.68. The molecular formula is C8H14O2. The lowest BCUT2D eigenvalue weighted by Gasteiger charge is -1.89. The topological polar surface area (TPSA) is 26.3 Å². The molecule has 0 aromatic carbocycles. The van der Waals surface area contributed by atoms with Gasteiger partial charge in [0.25, 0.3) is 0 Å². The molecule has 0 saturated heterocycles. The Morgan fingerprint density at radius 1 is 1.60 bits per heavy atom. The molecule has 2 nitrogen and oxygen atoms in total. The second kappa shape index (κ2) is 5.03. The summed E-state index contributed by atoms with van der Waals surface area (Å²) in [7, 11) is 0. The van der Waals surface area contributed by atoms with Crippen molar-refractivity contribution in [3.63, 3.8) is 0 Å². The van der Waals surface area contributed by atoms with Crippen LogP contribution in [0, 0.1) is 0 Å². The average Bonchev–Trinajstić information content (AvgIpc) is 2.39. The van der Waals surface area contributed by atoms with Crippen LogP contribution in [-0.4, -0.2) is 12.6 Å². The van der Waals surface area contributed by atoms with Gasteiger partial charge in [-0.1, -0.05) is 20.8 Å². The number of esters is 1. The third-order valence-corrected chi connectivity index (χ3v) is 1.19. The normalized spacial score (nSPS) is 15.1. The summed E-state index contributed by atoms with van der Waals surface area (Å²) in [5.41, 5.74) is 0.810. The van der Waals surface area contributed by atoms with Crippen molar-refractivity contribution >= 4 is 5.97 Å². The van der Waals surface area contributed by atoms with Gasteiger partial charge >= 0.3 is 5.97 Å². The largest absolute Gasteiger partial charge is 0.458 e. The van der Waals surface area contributed by atoms with E-state index in [1.165, 1.54) is 0 Å². The van der Waals surface area contributed by atoms with E-state index in [1.807, 2.05) is 26.8 Å². The summed E-state index contributed by atoms with van der Waals surface area (Å²) in [6, 6.07) is 0. The molecule has 1 heterocycles. The van der Waals surface area contributed by atoms with Gasteiger partial charge in [-0.05, 0) is 12.5 Å². The van der Waals surface area contributed by atoms with Crippen molar-refractivity contribution in [2.75, 3.05) is 6.61 Å². The van der Waals surface area contributed by atoms with E-state index in [2.05, 4.69) is 4.74 Å². The molecule has 1 aliphatic rings. The minimum Gasteiger partial charge on any atom is -0.458 e. The fourth-order valence-corrected chi connectivity index (χ4v) is 0.683. The summed E-state index contributed by atoms with van der Waals surface area (Å²) in [4.78, 5) is 10.5. The standard InChI is InChI=1S/C6H8O2.C2H6/c1-2-5-3-4-8-6(5)7;1-2/h3H,2,4H2,1H3;1-2H3. The van der Waals surface area contributed by atoms with E-state index < -0.39 is 0 Å². The molecule has 0 fully saturated rings. The molecule has 2 heteroatoms. The highest BCUT2D eigenvalue weighted by atomic mass is 16.5. The number of rotatable bonds is 1. The van der Waals surface area contributed by atoms with Crippen molar-refractivity contribution < 1.29 is 9.53 Å². The van der Waals surface area contributed by atoms with Crippen molar-refractivity contribution in [3.8, 4) is 0 Å². The Labute approximate surface area is 61.9 Å². The van der Waals surface area contributed by atoms with Gasteiger partial charge in [0.1, 0.15) is 6.61 Å². The summed E-state index contributed by atoms with van der Waals surface area (Å²) >= 11 is 0. The van der Waals surface area contributed by atoms with Crippen LogP contribution in [0.5, 0.6) is 0 Å². The molecule has 0 aromatic heterocycles. The maximum atomic E-state index is 10.5. The van der Waals surface area contributed by atoms with Crippen LogP contribution in [0.4, 0.5) is 0 Å². The van der Waals surface area contributed by atoms with Crippen molar-refractivity contribution in [3.05, 3.63) is 11.6 Å². The van der Waals surface area contributed by atoms with Crippen LogP contribution in [0.25, 0.3) is 0 Å². The van der Waals surface area contributed by atoms with Gasteiger partial charge in [0.2, 0.25) is 0 Å². The zero-order valence-electron chi connectivity index (χ0n) is 6.81. The molecular weight excluding hydrogens is 128 g/mol. The Kier molecular flexibility index (Phi) is 4.63. The average molecular weight is 142 g/mol. The first-order valence-corrected chi connectivity index (χ1v) is 3.70. The molecule has 0 N–H and O–H groups in total. The minimum atomic E-state index is -0.146. The molecule has 10 heavy (non-hydrogen) atoms. The van der Waals surface area contributed by atoms with Crippen LogP contribution >= 0.6 is 0 Å². The van der Waals surface area contributed by atoms with E-state index >= 15 is 0 Å². The Bertz CT molecular complexity index is 136. The molecule has 58 valence electrons. The molecule has 1 aliphatic heterocycles. The molecule has 0 aliphatic carbocycles. The lowest BCUT2D eigenvalue weighted by molar-refractivity contribution is -0.136. The van der Waals surface area contributed by atoms with E-state index in [9.17, 15) is 4.79 Å².